The van der Waals surface area contributed by atoms with E-state index in [0.717, 1.165) is 0 Å². The minimum atomic E-state index is 0.462. The minimum absolute atomic E-state index is 0.462. The molecule has 0 saturated heterocycles. The second-order valence-electron chi connectivity index (χ2n) is 5.28. The Morgan fingerprint density at radius 3 is 3.05 bits per heavy atom. The lowest BCUT2D eigenvalue weighted by atomic mass is 9.98. The first-order valence-electron chi connectivity index (χ1n) is 7.06. The van der Waals surface area contributed by atoms with Gasteiger partial charge in [-0.05, 0) is 51.7 Å². The van der Waals surface area contributed by atoms with Gasteiger partial charge in [-0.1, -0.05) is 0 Å². The zero-order valence-corrected chi connectivity index (χ0v) is 14.0. The third-order valence-corrected chi connectivity index (χ3v) is 5.86. The highest BCUT2D eigenvalue weighted by Crippen LogP contribution is 2.36. The molecule has 1 aliphatic rings. The van der Waals surface area contributed by atoms with Gasteiger partial charge in [-0.3, -0.25) is 0 Å². The van der Waals surface area contributed by atoms with Gasteiger partial charge >= 0.3 is 0 Å². The van der Waals surface area contributed by atoms with Crippen molar-refractivity contribution in [2.75, 3.05) is 31.0 Å². The van der Waals surface area contributed by atoms with Gasteiger partial charge in [0.1, 0.15) is 0 Å². The highest BCUT2D eigenvalue weighted by Gasteiger charge is 2.25. The Labute approximate surface area is 125 Å². The van der Waals surface area contributed by atoms with Crippen LogP contribution < -0.4 is 10.2 Å². The summed E-state index contributed by atoms with van der Waals surface area (Å²) in [4.78, 5) is 8.75. The fourth-order valence-electron chi connectivity index (χ4n) is 2.51. The molecule has 2 atom stereocenters. The molecule has 0 spiro atoms. The van der Waals surface area contributed by atoms with Crippen molar-refractivity contribution in [3.05, 3.63) is 10.6 Å². The summed E-state index contributed by atoms with van der Waals surface area (Å²) in [7, 11) is 4.23. The smallest absolute Gasteiger partial charge is 0.185 e. The summed E-state index contributed by atoms with van der Waals surface area (Å²) in [5.41, 5.74) is 1.30. The second-order valence-corrected chi connectivity index (χ2v) is 7.33. The van der Waals surface area contributed by atoms with E-state index in [9.17, 15) is 0 Å². The van der Waals surface area contributed by atoms with Gasteiger partial charge < -0.3 is 10.2 Å². The molecule has 2 unspecified atom stereocenters. The van der Waals surface area contributed by atoms with Crippen LogP contribution in [0.1, 0.15) is 42.8 Å². The van der Waals surface area contributed by atoms with Crippen molar-refractivity contribution in [2.24, 2.45) is 0 Å². The van der Waals surface area contributed by atoms with Crippen molar-refractivity contribution >= 4 is 28.2 Å². The maximum atomic E-state index is 4.91. The van der Waals surface area contributed by atoms with Crippen LogP contribution in [0.5, 0.6) is 0 Å². The molecule has 0 aliphatic heterocycles. The Morgan fingerprint density at radius 1 is 1.58 bits per heavy atom. The van der Waals surface area contributed by atoms with E-state index in [-0.39, 0.29) is 0 Å². The lowest BCUT2D eigenvalue weighted by Crippen LogP contribution is -2.29. The first-order chi connectivity index (χ1) is 9.17. The minimum Gasteiger partial charge on any atom is -0.348 e. The number of thiazole rings is 1. The summed E-state index contributed by atoms with van der Waals surface area (Å²) in [5.74, 6) is 1.22. The maximum absolute atomic E-state index is 4.91. The van der Waals surface area contributed by atoms with Gasteiger partial charge in [0.25, 0.3) is 0 Å². The van der Waals surface area contributed by atoms with Crippen LogP contribution in [0.2, 0.25) is 0 Å². The molecule has 0 bridgehead atoms. The van der Waals surface area contributed by atoms with Gasteiger partial charge in [0, 0.05) is 18.0 Å². The van der Waals surface area contributed by atoms with Crippen LogP contribution in [-0.4, -0.2) is 37.1 Å². The molecule has 1 aliphatic carbocycles. The van der Waals surface area contributed by atoms with Gasteiger partial charge in [-0.2, -0.15) is 11.8 Å². The Morgan fingerprint density at radius 2 is 2.37 bits per heavy atom. The van der Waals surface area contributed by atoms with Crippen LogP contribution in [0.3, 0.4) is 0 Å². The number of fused-ring (bicyclic) bond motifs is 1. The molecule has 0 amide bonds. The number of hydrogen-bond acceptors (Lipinski definition) is 5. The highest BCUT2D eigenvalue weighted by molar-refractivity contribution is 7.98. The van der Waals surface area contributed by atoms with E-state index in [1.54, 1.807) is 0 Å². The van der Waals surface area contributed by atoms with Crippen LogP contribution in [0, 0.1) is 0 Å². The van der Waals surface area contributed by atoms with Crippen molar-refractivity contribution in [1.82, 2.24) is 10.3 Å². The predicted molar refractivity (Wildman–Crippen MR) is 87.7 cm³/mol. The number of thioether (sulfide) groups is 1. The van der Waals surface area contributed by atoms with Gasteiger partial charge in [0.05, 0.1) is 11.7 Å². The second kappa shape index (κ2) is 6.95. The molecule has 2 rings (SSSR count). The van der Waals surface area contributed by atoms with E-state index in [1.807, 2.05) is 30.1 Å². The summed E-state index contributed by atoms with van der Waals surface area (Å²) in [6, 6.07) is 1.02. The van der Waals surface area contributed by atoms with Crippen molar-refractivity contribution in [2.45, 2.75) is 44.7 Å². The molecule has 1 aromatic rings. The number of rotatable bonds is 6. The summed E-state index contributed by atoms with van der Waals surface area (Å²) in [5, 5.41) is 4.59. The zero-order valence-electron chi connectivity index (χ0n) is 12.4. The Balaban J connectivity index is 2.11. The van der Waals surface area contributed by atoms with Crippen LogP contribution >= 0.6 is 23.1 Å². The van der Waals surface area contributed by atoms with Crippen molar-refractivity contribution < 1.29 is 0 Å². The Hall–Kier alpha value is -0.260. The molecule has 0 fully saturated rings. The molecule has 1 aromatic heterocycles. The van der Waals surface area contributed by atoms with Crippen LogP contribution in [0.4, 0.5) is 5.13 Å². The van der Waals surface area contributed by atoms with Gasteiger partial charge in [0.15, 0.2) is 5.13 Å². The number of nitrogens with one attached hydrogen (secondary N) is 1. The summed E-state index contributed by atoms with van der Waals surface area (Å²) >= 11 is 3.81. The van der Waals surface area contributed by atoms with Crippen LogP contribution in [0.15, 0.2) is 0 Å². The number of nitrogens with zero attached hydrogens (tertiary/aromatic N) is 2. The number of anilines is 1. The van der Waals surface area contributed by atoms with Crippen LogP contribution in [0.25, 0.3) is 0 Å². The van der Waals surface area contributed by atoms with Gasteiger partial charge in [-0.25, -0.2) is 4.98 Å². The molecule has 1 N–H and O–H groups in total. The third-order valence-electron chi connectivity index (χ3n) is 3.99. The highest BCUT2D eigenvalue weighted by atomic mass is 32.2. The lowest BCUT2D eigenvalue weighted by Gasteiger charge is -2.24. The average Bonchev–Trinajstić information content (AvgIpc) is 2.87. The SMILES string of the molecule is CNC1CCCc2sc(N(C)C(C)CCSC)nc21. The van der Waals surface area contributed by atoms with E-state index in [1.165, 1.54) is 47.1 Å². The monoisotopic (exact) mass is 299 g/mol. The summed E-state index contributed by atoms with van der Waals surface area (Å²) in [6.45, 7) is 2.30. The number of hydrogen-bond donors (Lipinski definition) is 1. The van der Waals surface area contributed by atoms with Crippen molar-refractivity contribution in [1.29, 1.82) is 0 Å². The standard InChI is InChI=1S/C14H25N3S2/c1-10(8-9-18-4)17(3)14-16-13-11(15-2)6-5-7-12(13)19-14/h10-11,15H,5-9H2,1-4H3. The molecular formula is C14H25N3S2. The third kappa shape index (κ3) is 3.44. The first-order valence-corrected chi connectivity index (χ1v) is 9.27. The van der Waals surface area contributed by atoms with Crippen LogP contribution in [-0.2, 0) is 6.42 Å². The average molecular weight is 300 g/mol. The largest absolute Gasteiger partial charge is 0.348 e. The van der Waals surface area contributed by atoms with E-state index in [4.69, 9.17) is 4.98 Å². The molecule has 0 radical (unpaired) electrons. The van der Waals surface area contributed by atoms with Crippen molar-refractivity contribution in [3.63, 3.8) is 0 Å². The predicted octanol–water partition coefficient (Wildman–Crippen LogP) is 3.32. The molecule has 0 aromatic carbocycles. The topological polar surface area (TPSA) is 28.2 Å². The Kier molecular flexibility index (Phi) is 5.54. The number of aromatic nitrogens is 1. The molecule has 5 heteroatoms. The van der Waals surface area contributed by atoms with Crippen molar-refractivity contribution in [3.8, 4) is 0 Å². The van der Waals surface area contributed by atoms with Gasteiger partial charge in [0.2, 0.25) is 0 Å². The normalized spacial score (nSPS) is 20.1. The molecule has 19 heavy (non-hydrogen) atoms. The van der Waals surface area contributed by atoms with E-state index in [2.05, 4.69) is 30.4 Å². The Bertz CT molecular complexity index is 405. The van der Waals surface area contributed by atoms with E-state index in [0.29, 0.717) is 12.1 Å². The molecule has 3 nitrogen and oxygen atoms in total. The van der Waals surface area contributed by atoms with E-state index < -0.39 is 0 Å². The first kappa shape index (κ1) is 15.1. The molecule has 108 valence electrons. The lowest BCUT2D eigenvalue weighted by molar-refractivity contribution is 0.489. The quantitative estimate of drug-likeness (QED) is 0.872. The maximum Gasteiger partial charge on any atom is 0.185 e. The summed E-state index contributed by atoms with van der Waals surface area (Å²) in [6.07, 6.45) is 7.10. The molecular weight excluding hydrogens is 274 g/mol. The number of aryl methyl sites for hydroxylation is 1. The summed E-state index contributed by atoms with van der Waals surface area (Å²) < 4.78 is 0. The van der Waals surface area contributed by atoms with Gasteiger partial charge in [-0.15, -0.1) is 11.3 Å². The fraction of sp³-hybridized carbons (Fsp3) is 0.786. The zero-order chi connectivity index (χ0) is 13.8. The van der Waals surface area contributed by atoms with E-state index >= 15 is 0 Å². The molecule has 1 heterocycles. The fourth-order valence-corrected chi connectivity index (χ4v) is 4.31. The molecule has 0 saturated carbocycles.